The number of hydrogen-bond acceptors (Lipinski definition) is 6. The van der Waals surface area contributed by atoms with Crippen molar-refractivity contribution in [1.82, 2.24) is 4.90 Å². The molecule has 1 amide bonds. The van der Waals surface area contributed by atoms with Crippen molar-refractivity contribution in [3.8, 4) is 0 Å². The molecule has 0 heterocycles. The first-order valence-corrected chi connectivity index (χ1v) is 13.0. The topological polar surface area (TPSA) is 82.1 Å². The highest BCUT2D eigenvalue weighted by Crippen LogP contribution is 2.13. The molecule has 33 heavy (non-hydrogen) atoms. The maximum atomic E-state index is 12.4. The molecular weight excluding hydrogens is 422 g/mol. The van der Waals surface area contributed by atoms with Crippen molar-refractivity contribution in [3.63, 3.8) is 0 Å². The van der Waals surface area contributed by atoms with Crippen LogP contribution in [0.5, 0.6) is 0 Å². The monoisotopic (exact) mass is 471 g/mol. The van der Waals surface area contributed by atoms with E-state index in [-0.39, 0.29) is 19.2 Å². The number of nitrogens with zero attached hydrogens (tertiary/aromatic N) is 1. The molecule has 0 aromatic rings. The van der Waals surface area contributed by atoms with Gasteiger partial charge < -0.3 is 19.1 Å². The van der Waals surface area contributed by atoms with Crippen molar-refractivity contribution in [2.45, 2.75) is 123 Å². The second kappa shape index (κ2) is 20.8. The molecule has 0 saturated heterocycles. The van der Waals surface area contributed by atoms with Crippen LogP contribution in [0, 0.1) is 0 Å². The van der Waals surface area contributed by atoms with Gasteiger partial charge in [0.25, 0.3) is 6.47 Å². The summed E-state index contributed by atoms with van der Waals surface area (Å²) in [6.07, 6.45) is 14.8. The van der Waals surface area contributed by atoms with Gasteiger partial charge in [-0.1, -0.05) is 71.1 Å². The maximum Gasteiger partial charge on any atom is 0.410 e. The first-order chi connectivity index (χ1) is 15.8. The zero-order chi connectivity index (χ0) is 24.8. The summed E-state index contributed by atoms with van der Waals surface area (Å²) in [5.41, 5.74) is -0.588. The number of unbranched alkanes of at least 4 members (excludes halogenated alkanes) is 10. The number of amides is 1. The number of rotatable bonds is 21. The van der Waals surface area contributed by atoms with Gasteiger partial charge in [-0.2, -0.15) is 0 Å². The predicted molar refractivity (Wildman–Crippen MR) is 131 cm³/mol. The Hall–Kier alpha value is -1.79. The summed E-state index contributed by atoms with van der Waals surface area (Å²) >= 11 is 0. The van der Waals surface area contributed by atoms with E-state index >= 15 is 0 Å². The van der Waals surface area contributed by atoms with E-state index in [1.54, 1.807) is 4.90 Å². The molecule has 0 aromatic carbocycles. The van der Waals surface area contributed by atoms with Gasteiger partial charge in [0.1, 0.15) is 5.60 Å². The number of carbonyl (C=O) groups is 3. The largest absolute Gasteiger partial charge is 0.468 e. The second-order valence-electron chi connectivity index (χ2n) is 9.65. The van der Waals surface area contributed by atoms with Gasteiger partial charge >= 0.3 is 12.1 Å². The number of esters is 1. The van der Waals surface area contributed by atoms with Gasteiger partial charge in [0.05, 0.1) is 13.2 Å². The van der Waals surface area contributed by atoms with E-state index in [1.807, 2.05) is 20.8 Å². The summed E-state index contributed by atoms with van der Waals surface area (Å²) in [6.45, 7) is 9.44. The minimum Gasteiger partial charge on any atom is -0.468 e. The SMILES string of the molecule is CCCCCCCCCCCCCC(=O)OCCCN(CCCOC=O)C(=O)OC(C)(C)C. The molecule has 7 nitrogen and oxygen atoms in total. The third-order valence-corrected chi connectivity index (χ3v) is 5.23. The Labute approximate surface area is 201 Å². The fourth-order valence-electron chi connectivity index (χ4n) is 3.45. The van der Waals surface area contributed by atoms with Gasteiger partial charge in [0.2, 0.25) is 0 Å². The van der Waals surface area contributed by atoms with Crippen LogP contribution in [0.2, 0.25) is 0 Å². The molecule has 0 spiro atoms. The molecular formula is C26H49NO6. The second-order valence-corrected chi connectivity index (χ2v) is 9.65. The van der Waals surface area contributed by atoms with Crippen molar-refractivity contribution < 1.29 is 28.6 Å². The molecule has 0 N–H and O–H groups in total. The van der Waals surface area contributed by atoms with Gasteiger partial charge in [-0.25, -0.2) is 4.79 Å². The van der Waals surface area contributed by atoms with Crippen molar-refractivity contribution in [3.05, 3.63) is 0 Å². The summed E-state index contributed by atoms with van der Waals surface area (Å²) in [5, 5.41) is 0. The first kappa shape index (κ1) is 31.2. The van der Waals surface area contributed by atoms with Crippen molar-refractivity contribution in [2.75, 3.05) is 26.3 Å². The molecule has 194 valence electrons. The van der Waals surface area contributed by atoms with Gasteiger partial charge in [-0.3, -0.25) is 9.59 Å². The lowest BCUT2D eigenvalue weighted by molar-refractivity contribution is -0.143. The molecule has 0 saturated carbocycles. The maximum absolute atomic E-state index is 12.4. The van der Waals surface area contributed by atoms with Crippen LogP contribution in [-0.2, 0) is 23.8 Å². The zero-order valence-electron chi connectivity index (χ0n) is 21.7. The minimum absolute atomic E-state index is 0.172. The third-order valence-electron chi connectivity index (χ3n) is 5.23. The third kappa shape index (κ3) is 21.8. The fraction of sp³-hybridized carbons (Fsp3) is 0.885. The Morgan fingerprint density at radius 1 is 0.758 bits per heavy atom. The van der Waals surface area contributed by atoms with Crippen molar-refractivity contribution >= 4 is 18.5 Å². The van der Waals surface area contributed by atoms with Crippen LogP contribution in [0.4, 0.5) is 4.79 Å². The Morgan fingerprint density at radius 2 is 1.27 bits per heavy atom. The smallest absolute Gasteiger partial charge is 0.410 e. The lowest BCUT2D eigenvalue weighted by atomic mass is 10.1. The summed E-state index contributed by atoms with van der Waals surface area (Å²) in [5.74, 6) is -0.172. The van der Waals surface area contributed by atoms with E-state index in [0.717, 1.165) is 12.8 Å². The Morgan fingerprint density at radius 3 is 1.79 bits per heavy atom. The van der Waals surface area contributed by atoms with Gasteiger partial charge in [0, 0.05) is 19.5 Å². The van der Waals surface area contributed by atoms with Crippen LogP contribution in [0.25, 0.3) is 0 Å². The molecule has 0 rings (SSSR count). The normalized spacial score (nSPS) is 11.2. The Kier molecular flexibility index (Phi) is 19.7. The van der Waals surface area contributed by atoms with Crippen LogP contribution >= 0.6 is 0 Å². The fourth-order valence-corrected chi connectivity index (χ4v) is 3.45. The highest BCUT2D eigenvalue weighted by Gasteiger charge is 2.21. The molecule has 0 bridgehead atoms. The summed E-state index contributed by atoms with van der Waals surface area (Å²) < 4.78 is 15.4. The van der Waals surface area contributed by atoms with E-state index in [0.29, 0.717) is 38.8 Å². The molecule has 0 aliphatic heterocycles. The highest BCUT2D eigenvalue weighted by atomic mass is 16.6. The average Bonchev–Trinajstić information content (AvgIpc) is 2.75. The molecule has 0 aromatic heterocycles. The summed E-state index contributed by atoms with van der Waals surface area (Å²) in [7, 11) is 0. The van der Waals surface area contributed by atoms with Crippen LogP contribution in [0.1, 0.15) is 118 Å². The molecule has 0 radical (unpaired) electrons. The molecule has 0 unspecified atom stereocenters. The Balaban J connectivity index is 3.86. The lowest BCUT2D eigenvalue weighted by Gasteiger charge is -2.27. The van der Waals surface area contributed by atoms with Crippen molar-refractivity contribution in [1.29, 1.82) is 0 Å². The average molecular weight is 472 g/mol. The zero-order valence-corrected chi connectivity index (χ0v) is 21.7. The van der Waals surface area contributed by atoms with E-state index in [1.165, 1.54) is 57.8 Å². The predicted octanol–water partition coefficient (Wildman–Crippen LogP) is 6.42. The van der Waals surface area contributed by atoms with E-state index in [4.69, 9.17) is 9.47 Å². The molecule has 7 heteroatoms. The quantitative estimate of drug-likeness (QED) is 0.0831. The molecule has 0 aliphatic rings. The van der Waals surface area contributed by atoms with Crippen LogP contribution in [0.3, 0.4) is 0 Å². The van der Waals surface area contributed by atoms with E-state index in [9.17, 15) is 14.4 Å². The standard InChI is InChI=1S/C26H49NO6/c1-5-6-7-8-9-10-11-12-13-14-15-18-24(29)32-22-17-20-27(19-16-21-31-23-28)25(30)33-26(2,3)4/h23H,5-22H2,1-4H3. The molecule has 0 fully saturated rings. The highest BCUT2D eigenvalue weighted by molar-refractivity contribution is 5.69. The van der Waals surface area contributed by atoms with Crippen LogP contribution in [0.15, 0.2) is 0 Å². The van der Waals surface area contributed by atoms with E-state index < -0.39 is 11.7 Å². The van der Waals surface area contributed by atoms with Crippen molar-refractivity contribution in [2.24, 2.45) is 0 Å². The minimum atomic E-state index is -0.588. The van der Waals surface area contributed by atoms with Gasteiger partial charge in [-0.05, 0) is 40.0 Å². The summed E-state index contributed by atoms with van der Waals surface area (Å²) in [4.78, 5) is 36.1. The van der Waals surface area contributed by atoms with Gasteiger partial charge in [-0.15, -0.1) is 0 Å². The number of hydrogen-bond donors (Lipinski definition) is 0. The lowest BCUT2D eigenvalue weighted by Crippen LogP contribution is -2.38. The number of ether oxygens (including phenoxy) is 3. The molecule has 0 atom stereocenters. The summed E-state index contributed by atoms with van der Waals surface area (Å²) in [6, 6.07) is 0. The number of carbonyl (C=O) groups excluding carboxylic acids is 3. The molecule has 0 aliphatic carbocycles. The van der Waals surface area contributed by atoms with E-state index in [2.05, 4.69) is 11.7 Å². The first-order valence-electron chi connectivity index (χ1n) is 13.0. The van der Waals surface area contributed by atoms with Crippen LogP contribution < -0.4 is 0 Å². The van der Waals surface area contributed by atoms with Crippen LogP contribution in [-0.4, -0.2) is 55.3 Å². The Bertz CT molecular complexity index is 504. The van der Waals surface area contributed by atoms with Gasteiger partial charge in [0.15, 0.2) is 0 Å².